The third-order valence-corrected chi connectivity index (χ3v) is 10.8. The van der Waals surface area contributed by atoms with Crippen molar-refractivity contribution in [2.75, 3.05) is 24.4 Å². The smallest absolute Gasteiger partial charge is 0.162 e. The maximum Gasteiger partial charge on any atom is 0.162 e. The standard InChI is InChI=1S/C28H33N5S2/c1-28(2,3)35(4,5)16-13-22-19-34-25-24(22)32-26(21-11-14-30-15-12-21)33-27(25)31-18-23(29)17-20-9-7-6-8-10-20/h6-12,14-15,19,23H,17-18,29H2,1-5H3,(H,31,32,33)/t23-/m0/s1. The zero-order valence-electron chi connectivity index (χ0n) is 21.0. The summed E-state index contributed by atoms with van der Waals surface area (Å²) in [4.78, 5) is 13.9. The van der Waals surface area contributed by atoms with Gasteiger partial charge in [0.15, 0.2) is 5.82 Å². The molecule has 0 spiro atoms. The van der Waals surface area contributed by atoms with E-state index in [1.807, 2.05) is 30.3 Å². The molecule has 35 heavy (non-hydrogen) atoms. The number of benzene rings is 1. The Morgan fingerprint density at radius 1 is 1.06 bits per heavy atom. The first-order valence-corrected chi connectivity index (χ1v) is 15.0. The number of nitrogens with two attached hydrogens (primary N) is 1. The average molecular weight is 504 g/mol. The third-order valence-electron chi connectivity index (χ3n) is 6.20. The van der Waals surface area contributed by atoms with Gasteiger partial charge in [0, 0.05) is 40.7 Å². The molecule has 0 radical (unpaired) electrons. The number of pyridine rings is 1. The van der Waals surface area contributed by atoms with Crippen molar-refractivity contribution < 1.29 is 0 Å². The summed E-state index contributed by atoms with van der Waals surface area (Å²) in [5.74, 6) is 4.91. The highest BCUT2D eigenvalue weighted by molar-refractivity contribution is 8.37. The molecular weight excluding hydrogens is 470 g/mol. The summed E-state index contributed by atoms with van der Waals surface area (Å²) >= 11 is 1.62. The number of thiophene rings is 1. The minimum Gasteiger partial charge on any atom is -0.367 e. The maximum absolute atomic E-state index is 6.46. The van der Waals surface area contributed by atoms with Crippen molar-refractivity contribution in [3.63, 3.8) is 0 Å². The van der Waals surface area contributed by atoms with Gasteiger partial charge in [-0.25, -0.2) is 9.97 Å². The van der Waals surface area contributed by atoms with E-state index in [0.717, 1.165) is 33.6 Å². The second kappa shape index (κ2) is 10.4. The van der Waals surface area contributed by atoms with Gasteiger partial charge < -0.3 is 11.1 Å². The molecule has 3 heterocycles. The van der Waals surface area contributed by atoms with Crippen molar-refractivity contribution in [2.45, 2.75) is 38.0 Å². The quantitative estimate of drug-likeness (QED) is 0.320. The lowest BCUT2D eigenvalue weighted by molar-refractivity contribution is 0.698. The van der Waals surface area contributed by atoms with Crippen molar-refractivity contribution >= 4 is 37.4 Å². The van der Waals surface area contributed by atoms with E-state index in [-0.39, 0.29) is 10.8 Å². The molecule has 0 amide bonds. The first-order chi connectivity index (χ1) is 16.6. The molecule has 3 aromatic heterocycles. The molecule has 5 nitrogen and oxygen atoms in total. The Balaban J connectivity index is 1.69. The Bertz CT molecular complexity index is 1350. The lowest BCUT2D eigenvalue weighted by Gasteiger charge is -2.39. The number of hydrogen-bond acceptors (Lipinski definition) is 6. The fourth-order valence-corrected chi connectivity index (χ4v) is 4.88. The highest BCUT2D eigenvalue weighted by Crippen LogP contribution is 2.51. The normalized spacial score (nSPS) is 13.2. The number of hydrogen-bond donors (Lipinski definition) is 2. The molecule has 1 aromatic carbocycles. The van der Waals surface area contributed by atoms with Crippen molar-refractivity contribution in [2.24, 2.45) is 5.73 Å². The van der Waals surface area contributed by atoms with E-state index in [1.54, 1.807) is 23.7 Å². The van der Waals surface area contributed by atoms with E-state index < -0.39 is 10.0 Å². The van der Waals surface area contributed by atoms with E-state index in [9.17, 15) is 0 Å². The Morgan fingerprint density at radius 3 is 2.46 bits per heavy atom. The number of anilines is 1. The average Bonchev–Trinajstić information content (AvgIpc) is 3.25. The van der Waals surface area contributed by atoms with Crippen LogP contribution in [0.1, 0.15) is 31.9 Å². The van der Waals surface area contributed by atoms with Crippen molar-refractivity contribution in [3.05, 3.63) is 71.4 Å². The van der Waals surface area contributed by atoms with Gasteiger partial charge in [-0.05, 0) is 41.9 Å². The van der Waals surface area contributed by atoms with Crippen LogP contribution in [-0.2, 0) is 6.42 Å². The van der Waals surface area contributed by atoms with Gasteiger partial charge in [0.2, 0.25) is 0 Å². The van der Waals surface area contributed by atoms with E-state index in [1.165, 1.54) is 5.56 Å². The molecule has 0 fully saturated rings. The lowest BCUT2D eigenvalue weighted by Crippen LogP contribution is -2.31. The second-order valence-corrected chi connectivity index (χ2v) is 14.9. The molecular formula is C28H33N5S2. The van der Waals surface area contributed by atoms with Crippen LogP contribution in [-0.4, -0.2) is 44.8 Å². The fraction of sp³-hybridized carbons (Fsp3) is 0.321. The zero-order valence-corrected chi connectivity index (χ0v) is 22.6. The highest BCUT2D eigenvalue weighted by Gasteiger charge is 2.26. The largest absolute Gasteiger partial charge is 0.367 e. The van der Waals surface area contributed by atoms with Gasteiger partial charge in [0.25, 0.3) is 0 Å². The molecule has 0 aliphatic carbocycles. The molecule has 4 rings (SSSR count). The van der Waals surface area contributed by atoms with Gasteiger partial charge in [-0.2, -0.15) is 10.0 Å². The summed E-state index contributed by atoms with van der Waals surface area (Å²) in [5, 5.41) is 9.18. The second-order valence-electron chi connectivity index (χ2n) is 9.96. The first-order valence-electron chi connectivity index (χ1n) is 11.6. The Kier molecular flexibility index (Phi) is 7.46. The number of nitrogens with one attached hydrogen (secondary N) is 1. The zero-order chi connectivity index (χ0) is 25.1. The van der Waals surface area contributed by atoms with Gasteiger partial charge in [0.05, 0.1) is 10.3 Å². The molecule has 3 N–H and O–H groups in total. The molecule has 0 saturated carbocycles. The van der Waals surface area contributed by atoms with Crippen LogP contribution in [0.25, 0.3) is 21.6 Å². The minimum absolute atomic E-state index is 0.0396. The molecule has 0 aliphatic rings. The minimum atomic E-state index is -1.11. The topological polar surface area (TPSA) is 76.7 Å². The third kappa shape index (κ3) is 6.02. The van der Waals surface area contributed by atoms with E-state index >= 15 is 0 Å². The van der Waals surface area contributed by atoms with E-state index in [0.29, 0.717) is 12.4 Å². The van der Waals surface area contributed by atoms with Crippen LogP contribution in [0.3, 0.4) is 0 Å². The van der Waals surface area contributed by atoms with Gasteiger partial charge >= 0.3 is 0 Å². The fourth-order valence-electron chi connectivity index (χ4n) is 3.31. The molecule has 0 unspecified atom stereocenters. The molecule has 0 aliphatic heterocycles. The summed E-state index contributed by atoms with van der Waals surface area (Å²) in [7, 11) is -1.11. The predicted molar refractivity (Wildman–Crippen MR) is 153 cm³/mol. The van der Waals surface area contributed by atoms with Crippen molar-refractivity contribution in [1.82, 2.24) is 15.0 Å². The Labute approximate surface area is 213 Å². The molecule has 7 heteroatoms. The van der Waals surface area contributed by atoms with Crippen molar-refractivity contribution in [1.29, 1.82) is 0 Å². The van der Waals surface area contributed by atoms with Crippen molar-refractivity contribution in [3.8, 4) is 22.6 Å². The summed E-state index contributed by atoms with van der Waals surface area (Å²) in [6.07, 6.45) is 8.86. The number of aromatic nitrogens is 3. The van der Waals surface area contributed by atoms with Crippen LogP contribution < -0.4 is 11.1 Å². The van der Waals surface area contributed by atoms with Crippen LogP contribution in [0.15, 0.2) is 60.2 Å². The molecule has 4 aromatic rings. The van der Waals surface area contributed by atoms with Gasteiger partial charge in [0.1, 0.15) is 11.3 Å². The van der Waals surface area contributed by atoms with Gasteiger partial charge in [-0.3, -0.25) is 4.98 Å². The van der Waals surface area contributed by atoms with Crippen LogP contribution in [0.2, 0.25) is 0 Å². The Morgan fingerprint density at radius 2 is 1.77 bits per heavy atom. The predicted octanol–water partition coefficient (Wildman–Crippen LogP) is 5.91. The highest BCUT2D eigenvalue weighted by atomic mass is 32.3. The summed E-state index contributed by atoms with van der Waals surface area (Å²) in [6, 6.07) is 14.1. The number of fused-ring (bicyclic) bond motifs is 1. The Hall–Kier alpha value is -2.92. The lowest BCUT2D eigenvalue weighted by atomic mass is 10.1. The summed E-state index contributed by atoms with van der Waals surface area (Å²) in [5.41, 5.74) is 10.4. The maximum atomic E-state index is 6.46. The van der Waals surface area contributed by atoms with E-state index in [2.05, 4.69) is 72.3 Å². The van der Waals surface area contributed by atoms with Gasteiger partial charge in [-0.15, -0.1) is 11.3 Å². The molecule has 0 bridgehead atoms. The summed E-state index contributed by atoms with van der Waals surface area (Å²) < 4.78 is 1.15. The van der Waals surface area contributed by atoms with Gasteiger partial charge in [-0.1, -0.05) is 57.0 Å². The monoisotopic (exact) mass is 503 g/mol. The first kappa shape index (κ1) is 25.2. The van der Waals surface area contributed by atoms with Crippen LogP contribution in [0.5, 0.6) is 0 Å². The summed E-state index contributed by atoms with van der Waals surface area (Å²) in [6.45, 7) is 7.38. The van der Waals surface area contributed by atoms with Crippen LogP contribution in [0.4, 0.5) is 5.82 Å². The SMILES string of the molecule is CC(C)(C)S(C)(C)C#Cc1csc2c(NC[C@@H](N)Cc3ccccc3)nc(-c3ccncc3)nc12. The van der Waals surface area contributed by atoms with E-state index in [4.69, 9.17) is 15.7 Å². The molecule has 0 saturated heterocycles. The van der Waals surface area contributed by atoms with Crippen LogP contribution in [0, 0.1) is 11.2 Å². The molecule has 182 valence electrons. The van der Waals surface area contributed by atoms with Crippen LogP contribution >= 0.6 is 21.4 Å². The number of rotatable bonds is 6. The number of nitrogens with zero attached hydrogens (tertiary/aromatic N) is 3. The molecule has 1 atom stereocenters.